The fourth-order valence-corrected chi connectivity index (χ4v) is 2.80. The van der Waals surface area contributed by atoms with Gasteiger partial charge in [-0.1, -0.05) is 13.3 Å². The van der Waals surface area contributed by atoms with Crippen LogP contribution in [0.15, 0.2) is 18.2 Å². The molecule has 1 atom stereocenters. The van der Waals surface area contributed by atoms with Crippen molar-refractivity contribution < 1.29 is 17.6 Å². The first kappa shape index (κ1) is 16.2. The third-order valence-electron chi connectivity index (χ3n) is 3.79. The maximum absolute atomic E-state index is 13.6. The Kier molecular flexibility index (Phi) is 5.22. The van der Waals surface area contributed by atoms with Crippen LogP contribution in [0.25, 0.3) is 0 Å². The van der Waals surface area contributed by atoms with Crippen molar-refractivity contribution in [3.63, 3.8) is 0 Å². The average Bonchev–Trinajstić information content (AvgIpc) is 2.44. The van der Waals surface area contributed by atoms with Gasteiger partial charge in [-0.2, -0.15) is 13.2 Å². The van der Waals surface area contributed by atoms with Crippen molar-refractivity contribution in [2.45, 2.75) is 32.0 Å². The molecule has 0 saturated carbocycles. The maximum atomic E-state index is 13.6. The lowest BCUT2D eigenvalue weighted by atomic mass is 9.97. The number of rotatable bonds is 4. The average molecular weight is 304 g/mol. The number of nitrogens with one attached hydrogen (secondary N) is 1. The molecule has 1 aromatic rings. The van der Waals surface area contributed by atoms with E-state index in [4.69, 9.17) is 0 Å². The van der Waals surface area contributed by atoms with E-state index in [1.807, 2.05) is 6.92 Å². The minimum atomic E-state index is -4.52. The standard InChI is InChI=1S/C15H20F4N2/c1-2-3-14(21-6-4-20-5-7-21)11-8-12(15(17,18)19)10-13(16)9-11/h8-10,14,20H,2-7H2,1H3/t14-/m0/s1. The summed E-state index contributed by atoms with van der Waals surface area (Å²) in [6, 6.07) is 2.72. The lowest BCUT2D eigenvalue weighted by Gasteiger charge is -2.35. The second-order valence-corrected chi connectivity index (χ2v) is 5.36. The van der Waals surface area contributed by atoms with Crippen molar-refractivity contribution in [1.82, 2.24) is 10.2 Å². The van der Waals surface area contributed by atoms with Gasteiger partial charge in [0.25, 0.3) is 0 Å². The molecule has 6 heteroatoms. The molecule has 21 heavy (non-hydrogen) atoms. The maximum Gasteiger partial charge on any atom is 0.416 e. The van der Waals surface area contributed by atoms with E-state index < -0.39 is 17.6 Å². The lowest BCUT2D eigenvalue weighted by molar-refractivity contribution is -0.137. The number of piperazine rings is 1. The minimum Gasteiger partial charge on any atom is -0.314 e. The Bertz CT molecular complexity index is 467. The van der Waals surface area contributed by atoms with Gasteiger partial charge in [0.05, 0.1) is 5.56 Å². The Morgan fingerprint density at radius 2 is 1.86 bits per heavy atom. The summed E-state index contributed by atoms with van der Waals surface area (Å²) in [5.41, 5.74) is -0.486. The molecule has 1 aromatic carbocycles. The molecule has 2 rings (SSSR count). The quantitative estimate of drug-likeness (QED) is 0.855. The van der Waals surface area contributed by atoms with Gasteiger partial charge in [-0.15, -0.1) is 0 Å². The lowest BCUT2D eigenvalue weighted by Crippen LogP contribution is -2.45. The van der Waals surface area contributed by atoms with E-state index >= 15 is 0 Å². The first-order valence-electron chi connectivity index (χ1n) is 7.24. The number of benzene rings is 1. The Morgan fingerprint density at radius 1 is 1.19 bits per heavy atom. The molecule has 1 aliphatic rings. The van der Waals surface area contributed by atoms with Crippen molar-refractivity contribution >= 4 is 0 Å². The van der Waals surface area contributed by atoms with E-state index in [-0.39, 0.29) is 6.04 Å². The fraction of sp³-hybridized carbons (Fsp3) is 0.600. The first-order chi connectivity index (χ1) is 9.91. The Hall–Kier alpha value is -1.14. The summed E-state index contributed by atoms with van der Waals surface area (Å²) in [6.07, 6.45) is -2.95. The summed E-state index contributed by atoms with van der Waals surface area (Å²) in [5.74, 6) is -0.823. The molecular formula is C15H20F4N2. The molecule has 0 unspecified atom stereocenters. The molecule has 0 aromatic heterocycles. The highest BCUT2D eigenvalue weighted by atomic mass is 19.4. The predicted molar refractivity (Wildman–Crippen MR) is 73.5 cm³/mol. The molecule has 2 nitrogen and oxygen atoms in total. The van der Waals surface area contributed by atoms with Gasteiger partial charge in [-0.3, -0.25) is 4.90 Å². The van der Waals surface area contributed by atoms with Crippen molar-refractivity contribution in [2.75, 3.05) is 26.2 Å². The molecule has 1 heterocycles. The second kappa shape index (κ2) is 6.75. The predicted octanol–water partition coefficient (Wildman–Crippen LogP) is 3.59. The Balaban J connectivity index is 2.32. The number of hydrogen-bond acceptors (Lipinski definition) is 2. The van der Waals surface area contributed by atoms with Crippen molar-refractivity contribution in [2.24, 2.45) is 0 Å². The SMILES string of the molecule is CCC[C@@H](c1cc(F)cc(C(F)(F)F)c1)N1CCNCC1. The highest BCUT2D eigenvalue weighted by Gasteiger charge is 2.32. The summed E-state index contributed by atoms with van der Waals surface area (Å²) in [6.45, 7) is 5.13. The number of nitrogens with zero attached hydrogens (tertiary/aromatic N) is 1. The van der Waals surface area contributed by atoms with E-state index in [1.165, 1.54) is 6.07 Å². The van der Waals surface area contributed by atoms with Crippen LogP contribution in [-0.2, 0) is 6.18 Å². The number of halogens is 4. The van der Waals surface area contributed by atoms with Crippen molar-refractivity contribution in [3.05, 3.63) is 35.1 Å². The molecular weight excluding hydrogens is 284 g/mol. The third kappa shape index (κ3) is 4.17. The van der Waals surface area contributed by atoms with Gasteiger partial charge >= 0.3 is 6.18 Å². The molecule has 0 aliphatic carbocycles. The Labute approximate surface area is 122 Å². The summed E-state index contributed by atoms with van der Waals surface area (Å²) in [7, 11) is 0. The number of alkyl halides is 3. The molecule has 0 bridgehead atoms. The molecule has 1 N–H and O–H groups in total. The summed E-state index contributed by atoms with van der Waals surface area (Å²) < 4.78 is 52.1. The minimum absolute atomic E-state index is 0.158. The smallest absolute Gasteiger partial charge is 0.314 e. The second-order valence-electron chi connectivity index (χ2n) is 5.36. The van der Waals surface area contributed by atoms with E-state index in [0.29, 0.717) is 11.6 Å². The van der Waals surface area contributed by atoms with Crippen molar-refractivity contribution in [1.29, 1.82) is 0 Å². The number of hydrogen-bond donors (Lipinski definition) is 1. The molecule has 1 fully saturated rings. The molecule has 0 radical (unpaired) electrons. The van der Waals surface area contributed by atoms with Gasteiger partial charge in [-0.05, 0) is 30.2 Å². The van der Waals surface area contributed by atoms with Crippen LogP contribution in [-0.4, -0.2) is 31.1 Å². The monoisotopic (exact) mass is 304 g/mol. The van der Waals surface area contributed by atoms with E-state index in [0.717, 1.165) is 45.1 Å². The molecule has 0 spiro atoms. The normalized spacial score (nSPS) is 18.7. The topological polar surface area (TPSA) is 15.3 Å². The van der Waals surface area contributed by atoms with E-state index in [2.05, 4.69) is 10.2 Å². The van der Waals surface area contributed by atoms with Crippen LogP contribution < -0.4 is 5.32 Å². The molecule has 1 saturated heterocycles. The third-order valence-corrected chi connectivity index (χ3v) is 3.79. The van der Waals surface area contributed by atoms with Gasteiger partial charge in [0, 0.05) is 32.2 Å². The van der Waals surface area contributed by atoms with E-state index in [9.17, 15) is 17.6 Å². The fourth-order valence-electron chi connectivity index (χ4n) is 2.80. The zero-order valence-corrected chi connectivity index (χ0v) is 12.0. The van der Waals surface area contributed by atoms with Crippen LogP contribution >= 0.6 is 0 Å². The van der Waals surface area contributed by atoms with Crippen LogP contribution in [0.4, 0.5) is 17.6 Å². The van der Waals surface area contributed by atoms with Crippen LogP contribution in [0.1, 0.15) is 36.9 Å². The van der Waals surface area contributed by atoms with Gasteiger partial charge < -0.3 is 5.32 Å². The van der Waals surface area contributed by atoms with Gasteiger partial charge in [0.2, 0.25) is 0 Å². The summed E-state index contributed by atoms with van der Waals surface area (Å²) >= 11 is 0. The first-order valence-corrected chi connectivity index (χ1v) is 7.24. The van der Waals surface area contributed by atoms with Gasteiger partial charge in [-0.25, -0.2) is 4.39 Å². The van der Waals surface area contributed by atoms with Crippen LogP contribution in [0, 0.1) is 5.82 Å². The summed E-state index contributed by atoms with van der Waals surface area (Å²) in [5, 5.41) is 3.21. The van der Waals surface area contributed by atoms with E-state index in [1.54, 1.807) is 0 Å². The van der Waals surface area contributed by atoms with Crippen LogP contribution in [0.3, 0.4) is 0 Å². The largest absolute Gasteiger partial charge is 0.416 e. The Morgan fingerprint density at radius 3 is 2.43 bits per heavy atom. The molecule has 0 amide bonds. The highest BCUT2D eigenvalue weighted by Crippen LogP contribution is 2.34. The van der Waals surface area contributed by atoms with Crippen LogP contribution in [0.2, 0.25) is 0 Å². The summed E-state index contributed by atoms with van der Waals surface area (Å²) in [4.78, 5) is 2.13. The van der Waals surface area contributed by atoms with Crippen molar-refractivity contribution in [3.8, 4) is 0 Å². The van der Waals surface area contributed by atoms with Gasteiger partial charge in [0.1, 0.15) is 5.82 Å². The zero-order chi connectivity index (χ0) is 15.5. The zero-order valence-electron chi connectivity index (χ0n) is 12.0. The molecule has 1 aliphatic heterocycles. The van der Waals surface area contributed by atoms with Crippen LogP contribution in [0.5, 0.6) is 0 Å². The van der Waals surface area contributed by atoms with Gasteiger partial charge in [0.15, 0.2) is 0 Å². The highest BCUT2D eigenvalue weighted by molar-refractivity contribution is 5.29. The molecule has 118 valence electrons.